The predicted octanol–water partition coefficient (Wildman–Crippen LogP) is 4.40. The number of Topliss-reactive ketones (excluding diaryl/α,β-unsaturated/α-hetero) is 1. The second-order valence-corrected chi connectivity index (χ2v) is 6.14. The number of carbonyl (C=O) groups is 1. The third kappa shape index (κ3) is 4.62. The summed E-state index contributed by atoms with van der Waals surface area (Å²) >= 11 is 0. The summed E-state index contributed by atoms with van der Waals surface area (Å²) in [6, 6.07) is 11.8. The molecule has 0 aliphatic rings. The van der Waals surface area contributed by atoms with Crippen LogP contribution in [0.1, 0.15) is 36.1 Å². The van der Waals surface area contributed by atoms with E-state index >= 15 is 0 Å². The number of benzene rings is 1. The highest BCUT2D eigenvalue weighted by atomic mass is 31.2. The summed E-state index contributed by atoms with van der Waals surface area (Å²) in [5, 5.41) is 0. The van der Waals surface area contributed by atoms with E-state index in [9.17, 15) is 9.36 Å². The quantitative estimate of drug-likeness (QED) is 0.498. The summed E-state index contributed by atoms with van der Waals surface area (Å²) in [5.41, 5.74) is 0.411. The van der Waals surface area contributed by atoms with E-state index < -0.39 is 13.9 Å². The molecule has 1 unspecified atom stereocenters. The van der Waals surface area contributed by atoms with Crippen LogP contribution in [0, 0.1) is 0 Å². The molecule has 0 N–H and O–H groups in total. The van der Waals surface area contributed by atoms with Crippen molar-refractivity contribution in [2.24, 2.45) is 0 Å². The Morgan fingerprint density at radius 1 is 1.09 bits per heavy atom. The minimum atomic E-state index is -3.87. The van der Waals surface area contributed by atoms with E-state index in [-0.39, 0.29) is 24.8 Å². The van der Waals surface area contributed by atoms with Gasteiger partial charge in [-0.25, -0.2) is 4.57 Å². The average molecular weight is 338 g/mol. The second kappa shape index (κ2) is 8.22. The molecule has 0 radical (unpaired) electrons. The van der Waals surface area contributed by atoms with Crippen LogP contribution in [0.2, 0.25) is 0 Å². The number of hydrogen-bond donors (Lipinski definition) is 0. The first-order valence-corrected chi connectivity index (χ1v) is 8.76. The Kier molecular flexibility index (Phi) is 6.30. The van der Waals surface area contributed by atoms with Gasteiger partial charge in [0.15, 0.2) is 11.9 Å². The normalized spacial score (nSPS) is 13.0. The number of furan rings is 1. The maximum atomic E-state index is 12.7. The van der Waals surface area contributed by atoms with E-state index in [1.54, 1.807) is 56.3 Å². The zero-order valence-corrected chi connectivity index (χ0v) is 13.9. The van der Waals surface area contributed by atoms with Gasteiger partial charge in [-0.3, -0.25) is 18.4 Å². The third-order valence-electron chi connectivity index (χ3n) is 2.91. The van der Waals surface area contributed by atoms with Crippen molar-refractivity contribution in [1.82, 2.24) is 0 Å². The van der Waals surface area contributed by atoms with Crippen LogP contribution in [0.5, 0.6) is 0 Å². The molecule has 6 nitrogen and oxygen atoms in total. The molecule has 7 heteroatoms. The minimum absolute atomic E-state index is 0.127. The number of phosphoric ester groups is 1. The summed E-state index contributed by atoms with van der Waals surface area (Å²) in [4.78, 5) is 12.7. The number of rotatable bonds is 9. The molecule has 0 spiro atoms. The van der Waals surface area contributed by atoms with Gasteiger partial charge in [0.25, 0.3) is 0 Å². The Bertz CT molecular complexity index is 642. The first kappa shape index (κ1) is 17.6. The molecule has 1 aromatic heterocycles. The fourth-order valence-corrected chi connectivity index (χ4v) is 3.25. The summed E-state index contributed by atoms with van der Waals surface area (Å²) in [6.45, 7) is 3.58. The first-order valence-electron chi connectivity index (χ1n) is 7.29. The molecule has 0 aliphatic heterocycles. The highest BCUT2D eigenvalue weighted by Gasteiger charge is 2.36. The maximum absolute atomic E-state index is 12.7. The van der Waals surface area contributed by atoms with E-state index in [1.807, 2.05) is 0 Å². The van der Waals surface area contributed by atoms with Gasteiger partial charge >= 0.3 is 7.82 Å². The van der Waals surface area contributed by atoms with Crippen LogP contribution < -0.4 is 0 Å². The molecule has 1 heterocycles. The zero-order chi connectivity index (χ0) is 16.7. The predicted molar refractivity (Wildman–Crippen MR) is 84.2 cm³/mol. The third-order valence-corrected chi connectivity index (χ3v) is 4.52. The molecule has 2 aromatic rings. The van der Waals surface area contributed by atoms with Crippen LogP contribution in [0.3, 0.4) is 0 Å². The largest absolute Gasteiger partial charge is 0.475 e. The molecule has 1 atom stereocenters. The Hall–Kier alpha value is -1.72. The van der Waals surface area contributed by atoms with E-state index in [1.165, 1.54) is 6.26 Å². The van der Waals surface area contributed by atoms with Gasteiger partial charge in [-0.1, -0.05) is 30.3 Å². The molecule has 124 valence electrons. The Morgan fingerprint density at radius 3 is 2.26 bits per heavy atom. The lowest BCUT2D eigenvalue weighted by atomic mass is 10.1. The van der Waals surface area contributed by atoms with Crippen LogP contribution in [-0.4, -0.2) is 19.0 Å². The van der Waals surface area contributed by atoms with Gasteiger partial charge in [0.05, 0.1) is 19.5 Å². The van der Waals surface area contributed by atoms with Crippen LogP contribution in [0.15, 0.2) is 53.1 Å². The molecule has 2 rings (SSSR count). The summed E-state index contributed by atoms with van der Waals surface area (Å²) < 4.78 is 33.5. The average Bonchev–Trinajstić information content (AvgIpc) is 3.07. The molecule has 0 saturated carbocycles. The number of carbonyl (C=O) groups excluding carboxylic acids is 1. The van der Waals surface area contributed by atoms with Crippen molar-refractivity contribution >= 4 is 13.6 Å². The van der Waals surface area contributed by atoms with Gasteiger partial charge in [0.2, 0.25) is 0 Å². The lowest BCUT2D eigenvalue weighted by Crippen LogP contribution is -2.16. The Labute approximate surface area is 135 Å². The van der Waals surface area contributed by atoms with Crippen LogP contribution in [0.25, 0.3) is 0 Å². The van der Waals surface area contributed by atoms with Gasteiger partial charge in [0.1, 0.15) is 5.76 Å². The Balaban J connectivity index is 2.32. The second-order valence-electron chi connectivity index (χ2n) is 4.51. The van der Waals surface area contributed by atoms with Crippen molar-refractivity contribution in [2.45, 2.75) is 20.0 Å². The molecule has 0 bridgehead atoms. The first-order chi connectivity index (χ1) is 11.1. The highest BCUT2D eigenvalue weighted by Crippen LogP contribution is 2.53. The molecular formula is C16H19O6P. The van der Waals surface area contributed by atoms with Crippen molar-refractivity contribution in [2.75, 3.05) is 13.2 Å². The molecule has 0 saturated heterocycles. The lowest BCUT2D eigenvalue weighted by molar-refractivity contribution is 0.0539. The van der Waals surface area contributed by atoms with Crippen molar-refractivity contribution in [3.05, 3.63) is 60.1 Å². The molecular weight excluding hydrogens is 319 g/mol. The monoisotopic (exact) mass is 338 g/mol. The molecule has 0 fully saturated rings. The van der Waals surface area contributed by atoms with Crippen LogP contribution >= 0.6 is 7.82 Å². The smallest absolute Gasteiger partial charge is 0.466 e. The van der Waals surface area contributed by atoms with Crippen molar-refractivity contribution in [1.29, 1.82) is 0 Å². The Morgan fingerprint density at radius 2 is 1.74 bits per heavy atom. The van der Waals surface area contributed by atoms with Crippen LogP contribution in [0.4, 0.5) is 0 Å². The van der Waals surface area contributed by atoms with Crippen molar-refractivity contribution < 1.29 is 27.3 Å². The van der Waals surface area contributed by atoms with Gasteiger partial charge in [-0.2, -0.15) is 0 Å². The van der Waals surface area contributed by atoms with Crippen LogP contribution in [-0.2, 0) is 18.1 Å². The van der Waals surface area contributed by atoms with E-state index in [0.717, 1.165) is 0 Å². The fourth-order valence-electron chi connectivity index (χ4n) is 1.97. The number of phosphoric acid groups is 1. The minimum Gasteiger partial charge on any atom is -0.466 e. The molecule has 0 aliphatic carbocycles. The molecule has 23 heavy (non-hydrogen) atoms. The molecule has 1 aromatic carbocycles. The van der Waals surface area contributed by atoms with Crippen molar-refractivity contribution in [3.63, 3.8) is 0 Å². The van der Waals surface area contributed by atoms with Gasteiger partial charge < -0.3 is 4.42 Å². The maximum Gasteiger partial charge on any atom is 0.475 e. The van der Waals surface area contributed by atoms with Gasteiger partial charge in [-0.15, -0.1) is 0 Å². The van der Waals surface area contributed by atoms with Gasteiger partial charge in [0, 0.05) is 5.56 Å². The van der Waals surface area contributed by atoms with E-state index in [0.29, 0.717) is 5.56 Å². The number of ketones is 1. The van der Waals surface area contributed by atoms with E-state index in [2.05, 4.69) is 0 Å². The zero-order valence-electron chi connectivity index (χ0n) is 13.0. The number of hydrogen-bond acceptors (Lipinski definition) is 6. The molecule has 0 amide bonds. The highest BCUT2D eigenvalue weighted by molar-refractivity contribution is 7.48. The fraction of sp³-hybridized carbons (Fsp3) is 0.312. The van der Waals surface area contributed by atoms with Crippen molar-refractivity contribution in [3.8, 4) is 0 Å². The van der Waals surface area contributed by atoms with Gasteiger partial charge in [-0.05, 0) is 26.0 Å². The standard InChI is InChI=1S/C16H19O6P/c1-3-20-23(18,21-4-2)22-16(14-11-8-12-19-14)15(17)13-9-6-5-7-10-13/h5-12,16H,3-4H2,1-2H3. The lowest BCUT2D eigenvalue weighted by Gasteiger charge is -2.21. The topological polar surface area (TPSA) is 75.0 Å². The summed E-state index contributed by atoms with van der Waals surface area (Å²) in [7, 11) is -3.87. The summed E-state index contributed by atoms with van der Waals surface area (Å²) in [6.07, 6.45) is 0.201. The summed E-state index contributed by atoms with van der Waals surface area (Å²) in [5.74, 6) is -0.154. The SMILES string of the molecule is CCOP(=O)(OCC)OC(C(=O)c1ccccc1)c1ccco1. The van der Waals surface area contributed by atoms with E-state index in [4.69, 9.17) is 18.0 Å².